The molecule has 0 atom stereocenters. The van der Waals surface area contributed by atoms with Gasteiger partial charge in [-0.1, -0.05) is 11.2 Å². The smallest absolute Gasteiger partial charge is 0.389 e. The second-order valence-corrected chi connectivity index (χ2v) is 3.87. The van der Waals surface area contributed by atoms with Crippen LogP contribution in [-0.2, 0) is 6.42 Å². The molecule has 1 aromatic carbocycles. The van der Waals surface area contributed by atoms with Crippen molar-refractivity contribution in [3.05, 3.63) is 24.0 Å². The number of nitrogens with two attached hydrogens (primary N) is 1. The van der Waals surface area contributed by atoms with E-state index in [1.165, 1.54) is 12.1 Å². The first-order valence-corrected chi connectivity index (χ1v) is 5.34. The predicted octanol–water partition coefficient (Wildman–Crippen LogP) is 2.52. The van der Waals surface area contributed by atoms with Crippen molar-refractivity contribution in [3.63, 3.8) is 0 Å². The van der Waals surface area contributed by atoms with Crippen LogP contribution < -0.4 is 5.73 Å². The van der Waals surface area contributed by atoms with Gasteiger partial charge in [0.1, 0.15) is 0 Å². The van der Waals surface area contributed by atoms with Gasteiger partial charge in [0.05, 0.1) is 17.7 Å². The third-order valence-corrected chi connectivity index (χ3v) is 2.40. The highest BCUT2D eigenvalue weighted by Crippen LogP contribution is 2.32. The maximum absolute atomic E-state index is 12.0. The Kier molecular flexibility index (Phi) is 3.32. The number of nitrogens with zero attached hydrogens (tertiary/aromatic N) is 2. The normalized spacial score (nSPS) is 11.7. The van der Waals surface area contributed by atoms with Crippen molar-refractivity contribution in [3.8, 4) is 17.2 Å². The highest BCUT2D eigenvalue weighted by molar-refractivity contribution is 5.71. The van der Waals surface area contributed by atoms with E-state index in [0.29, 0.717) is 0 Å². The van der Waals surface area contributed by atoms with Gasteiger partial charge in [-0.2, -0.15) is 18.2 Å². The number of hydrogen-bond donors (Lipinski definition) is 2. The Morgan fingerprint density at radius 3 is 2.74 bits per heavy atom. The summed E-state index contributed by atoms with van der Waals surface area (Å²) < 4.78 is 40.9. The van der Waals surface area contributed by atoms with E-state index in [1.54, 1.807) is 6.07 Å². The van der Waals surface area contributed by atoms with E-state index in [0.717, 1.165) is 0 Å². The SMILES string of the molecule is Nc1cccc(-c2nc(CCC(F)(F)F)no2)c1O. The summed E-state index contributed by atoms with van der Waals surface area (Å²) in [5, 5.41) is 13.1. The first-order chi connectivity index (χ1) is 8.87. The molecule has 8 heteroatoms. The number of halogens is 3. The zero-order chi connectivity index (χ0) is 14.0. The molecule has 19 heavy (non-hydrogen) atoms. The zero-order valence-corrected chi connectivity index (χ0v) is 9.61. The molecule has 0 fully saturated rings. The summed E-state index contributed by atoms with van der Waals surface area (Å²) in [6.07, 6.45) is -5.69. The molecule has 1 aromatic heterocycles. The minimum atomic E-state index is -4.28. The number of phenolic OH excluding ortho intramolecular Hbond substituents is 1. The molecule has 0 radical (unpaired) electrons. The number of para-hydroxylation sites is 1. The maximum Gasteiger partial charge on any atom is 0.389 e. The highest BCUT2D eigenvalue weighted by Gasteiger charge is 2.27. The number of aromatic nitrogens is 2. The number of hydrogen-bond acceptors (Lipinski definition) is 5. The average molecular weight is 273 g/mol. The van der Waals surface area contributed by atoms with E-state index < -0.39 is 12.6 Å². The van der Waals surface area contributed by atoms with Crippen molar-refractivity contribution in [2.75, 3.05) is 5.73 Å². The molecule has 0 aliphatic carbocycles. The van der Waals surface area contributed by atoms with Gasteiger partial charge < -0.3 is 15.4 Å². The topological polar surface area (TPSA) is 85.2 Å². The van der Waals surface area contributed by atoms with E-state index in [9.17, 15) is 18.3 Å². The van der Waals surface area contributed by atoms with Crippen LogP contribution in [0.15, 0.2) is 22.7 Å². The first-order valence-electron chi connectivity index (χ1n) is 5.34. The molecule has 3 N–H and O–H groups in total. The van der Waals surface area contributed by atoms with Crippen molar-refractivity contribution in [1.29, 1.82) is 0 Å². The largest absolute Gasteiger partial charge is 0.505 e. The van der Waals surface area contributed by atoms with Crippen LogP contribution in [0.1, 0.15) is 12.2 Å². The van der Waals surface area contributed by atoms with Crippen molar-refractivity contribution >= 4 is 5.69 Å². The predicted molar refractivity (Wildman–Crippen MR) is 60.2 cm³/mol. The molecule has 0 saturated heterocycles. The van der Waals surface area contributed by atoms with Gasteiger partial charge in [-0.3, -0.25) is 0 Å². The Labute approximate surface area is 105 Å². The fourth-order valence-corrected chi connectivity index (χ4v) is 1.45. The van der Waals surface area contributed by atoms with Crippen LogP contribution >= 0.6 is 0 Å². The summed E-state index contributed by atoms with van der Waals surface area (Å²) in [5.41, 5.74) is 5.80. The summed E-state index contributed by atoms with van der Waals surface area (Å²) >= 11 is 0. The number of aryl methyl sites for hydroxylation is 1. The molecule has 0 aliphatic rings. The molecule has 0 aliphatic heterocycles. The first kappa shape index (κ1) is 13.2. The molecule has 0 spiro atoms. The molecule has 0 unspecified atom stereocenters. The number of phenols is 1. The Balaban J connectivity index is 2.19. The lowest BCUT2D eigenvalue weighted by Crippen LogP contribution is -2.09. The molecule has 0 bridgehead atoms. The maximum atomic E-state index is 12.0. The lowest BCUT2D eigenvalue weighted by Gasteiger charge is -2.02. The van der Waals surface area contributed by atoms with Crippen molar-refractivity contribution in [1.82, 2.24) is 10.1 Å². The van der Waals surface area contributed by atoms with Crippen LogP contribution in [0.2, 0.25) is 0 Å². The lowest BCUT2D eigenvalue weighted by molar-refractivity contribution is -0.134. The van der Waals surface area contributed by atoms with Gasteiger partial charge in [-0.15, -0.1) is 0 Å². The third-order valence-electron chi connectivity index (χ3n) is 2.40. The molecule has 102 valence electrons. The molecular weight excluding hydrogens is 263 g/mol. The van der Waals surface area contributed by atoms with Gasteiger partial charge >= 0.3 is 6.18 Å². The molecule has 1 heterocycles. The summed E-state index contributed by atoms with van der Waals surface area (Å²) in [6, 6.07) is 4.51. The monoisotopic (exact) mass is 273 g/mol. The van der Waals surface area contributed by atoms with Crippen LogP contribution in [-0.4, -0.2) is 21.4 Å². The highest BCUT2D eigenvalue weighted by atomic mass is 19.4. The average Bonchev–Trinajstić information content (AvgIpc) is 2.78. The Morgan fingerprint density at radius 1 is 1.32 bits per heavy atom. The molecule has 2 aromatic rings. The van der Waals surface area contributed by atoms with E-state index in [-0.39, 0.29) is 35.1 Å². The van der Waals surface area contributed by atoms with Crippen LogP contribution in [0.4, 0.5) is 18.9 Å². The van der Waals surface area contributed by atoms with E-state index in [2.05, 4.69) is 10.1 Å². The zero-order valence-electron chi connectivity index (χ0n) is 9.61. The second kappa shape index (κ2) is 4.79. The minimum Gasteiger partial charge on any atom is -0.505 e. The fraction of sp³-hybridized carbons (Fsp3) is 0.273. The summed E-state index contributed by atoms with van der Waals surface area (Å²) in [7, 11) is 0. The Bertz CT molecular complexity index is 581. The number of aromatic hydroxyl groups is 1. The summed E-state index contributed by atoms with van der Waals surface area (Å²) in [6.45, 7) is 0. The molecule has 0 amide bonds. The van der Waals surface area contributed by atoms with Crippen molar-refractivity contribution < 1.29 is 22.8 Å². The minimum absolute atomic E-state index is 0.0676. The number of anilines is 1. The third kappa shape index (κ3) is 3.15. The number of nitrogen functional groups attached to an aromatic ring is 1. The number of benzene rings is 1. The van der Waals surface area contributed by atoms with Crippen molar-refractivity contribution in [2.45, 2.75) is 19.0 Å². The Morgan fingerprint density at radius 2 is 2.05 bits per heavy atom. The van der Waals surface area contributed by atoms with Gasteiger partial charge in [-0.05, 0) is 12.1 Å². The molecule has 5 nitrogen and oxygen atoms in total. The van der Waals surface area contributed by atoms with Crippen LogP contribution in [0.3, 0.4) is 0 Å². The van der Waals surface area contributed by atoms with E-state index in [4.69, 9.17) is 10.3 Å². The van der Waals surface area contributed by atoms with Gasteiger partial charge in [0, 0.05) is 6.42 Å². The molecular formula is C11H10F3N3O2. The quantitative estimate of drug-likeness (QED) is 0.663. The molecule has 0 saturated carbocycles. The molecule has 2 rings (SSSR count). The van der Waals surface area contributed by atoms with Gasteiger partial charge in [0.15, 0.2) is 11.6 Å². The number of alkyl halides is 3. The fourth-order valence-electron chi connectivity index (χ4n) is 1.45. The second-order valence-electron chi connectivity index (χ2n) is 3.87. The lowest BCUT2D eigenvalue weighted by atomic mass is 10.1. The van der Waals surface area contributed by atoms with Crippen molar-refractivity contribution in [2.24, 2.45) is 0 Å². The Hall–Kier alpha value is -2.25. The van der Waals surface area contributed by atoms with Crippen LogP contribution in [0, 0.1) is 0 Å². The van der Waals surface area contributed by atoms with Gasteiger partial charge in [-0.25, -0.2) is 0 Å². The standard InChI is InChI=1S/C11H10F3N3O2/c12-11(13,14)5-4-8-16-10(19-17-8)6-2-1-3-7(15)9(6)18/h1-3,18H,4-5,15H2. The van der Waals surface area contributed by atoms with Crippen LogP contribution in [0.5, 0.6) is 5.75 Å². The summed E-state index contributed by atoms with van der Waals surface area (Å²) in [4.78, 5) is 3.79. The van der Waals surface area contributed by atoms with Gasteiger partial charge in [0.2, 0.25) is 0 Å². The summed E-state index contributed by atoms with van der Waals surface area (Å²) in [5.74, 6) is -0.385. The van der Waals surface area contributed by atoms with Crippen LogP contribution in [0.25, 0.3) is 11.5 Å². The van der Waals surface area contributed by atoms with Gasteiger partial charge in [0.25, 0.3) is 5.89 Å². The van der Waals surface area contributed by atoms with E-state index in [1.807, 2.05) is 0 Å². The number of rotatable bonds is 3. The van der Waals surface area contributed by atoms with E-state index >= 15 is 0 Å².